The van der Waals surface area contributed by atoms with E-state index in [0.29, 0.717) is 6.54 Å². The van der Waals surface area contributed by atoms with E-state index >= 15 is 0 Å². The minimum atomic E-state index is -0.0710. The molecule has 0 aromatic heterocycles. The van der Waals surface area contributed by atoms with E-state index in [9.17, 15) is 4.79 Å². The van der Waals surface area contributed by atoms with Crippen molar-refractivity contribution in [1.82, 2.24) is 4.90 Å². The van der Waals surface area contributed by atoms with Crippen molar-refractivity contribution in [2.45, 2.75) is 38.1 Å². The van der Waals surface area contributed by atoms with Crippen LogP contribution in [-0.2, 0) is 4.79 Å². The summed E-state index contributed by atoms with van der Waals surface area (Å²) in [5, 5.41) is 0. The van der Waals surface area contributed by atoms with Crippen molar-refractivity contribution in [2.24, 2.45) is 5.73 Å². The Balaban J connectivity index is 0.00000180. The summed E-state index contributed by atoms with van der Waals surface area (Å²) in [7, 11) is 0. The molecule has 2 unspecified atom stereocenters. The number of amides is 1. The predicted molar refractivity (Wildman–Crippen MR) is 80.5 cm³/mol. The van der Waals surface area contributed by atoms with Gasteiger partial charge in [0, 0.05) is 19.1 Å². The number of carbonyl (C=O) groups excluding carboxylic acids is 1. The van der Waals surface area contributed by atoms with Crippen LogP contribution in [0.3, 0.4) is 0 Å². The van der Waals surface area contributed by atoms with Gasteiger partial charge in [0.15, 0.2) is 0 Å². The van der Waals surface area contributed by atoms with Crippen molar-refractivity contribution in [3.05, 3.63) is 35.9 Å². The molecule has 1 fully saturated rings. The van der Waals surface area contributed by atoms with Crippen LogP contribution in [0.4, 0.5) is 0 Å². The molecule has 3 nitrogen and oxygen atoms in total. The third-order valence-corrected chi connectivity index (χ3v) is 3.85. The van der Waals surface area contributed by atoms with Crippen LogP contribution in [0.15, 0.2) is 30.3 Å². The average molecular weight is 283 g/mol. The third kappa shape index (κ3) is 3.71. The lowest BCUT2D eigenvalue weighted by molar-refractivity contribution is -0.135. The lowest BCUT2D eigenvalue weighted by Crippen LogP contribution is -2.48. The number of nitrogens with zero attached hydrogens (tertiary/aromatic N) is 1. The third-order valence-electron chi connectivity index (χ3n) is 3.85. The predicted octanol–water partition coefficient (Wildman–Crippen LogP) is 2.55. The van der Waals surface area contributed by atoms with Crippen LogP contribution in [0.2, 0.25) is 0 Å². The summed E-state index contributed by atoms with van der Waals surface area (Å²) in [6, 6.07) is 10.2. The van der Waals surface area contributed by atoms with Crippen LogP contribution >= 0.6 is 12.4 Å². The number of hydrogen-bond donors (Lipinski definition) is 1. The number of carbonyl (C=O) groups is 1. The Morgan fingerprint density at radius 1 is 1.37 bits per heavy atom. The molecule has 1 heterocycles. The maximum atomic E-state index is 12.5. The number of rotatable bonds is 3. The topological polar surface area (TPSA) is 46.3 Å². The fraction of sp³-hybridized carbons (Fsp3) is 0.533. The summed E-state index contributed by atoms with van der Waals surface area (Å²) < 4.78 is 0. The molecule has 0 saturated carbocycles. The number of nitrogens with two attached hydrogens (primary N) is 1. The standard InChI is InChI=1S/C15H22N2O.ClH/c1-12(13-7-3-2-4-8-13)15(18)17-10-6-5-9-14(17)11-16;/h2-4,7-8,12,14H,5-6,9-11,16H2,1H3;1H. The molecule has 0 bridgehead atoms. The number of halogens is 1. The van der Waals surface area contributed by atoms with Gasteiger partial charge in [-0.05, 0) is 31.7 Å². The highest BCUT2D eigenvalue weighted by molar-refractivity contribution is 5.85. The normalized spacial score (nSPS) is 20.5. The molecule has 1 amide bonds. The largest absolute Gasteiger partial charge is 0.338 e. The molecule has 1 aromatic carbocycles. The molecule has 2 atom stereocenters. The first kappa shape index (κ1) is 16.0. The second-order valence-electron chi connectivity index (χ2n) is 5.05. The zero-order valence-electron chi connectivity index (χ0n) is 11.4. The Hall–Kier alpha value is -1.06. The maximum Gasteiger partial charge on any atom is 0.230 e. The van der Waals surface area contributed by atoms with Crippen molar-refractivity contribution in [3.8, 4) is 0 Å². The average Bonchev–Trinajstić information content (AvgIpc) is 2.46. The second-order valence-corrected chi connectivity index (χ2v) is 5.05. The fourth-order valence-corrected chi connectivity index (χ4v) is 2.67. The summed E-state index contributed by atoms with van der Waals surface area (Å²) in [4.78, 5) is 14.5. The van der Waals surface area contributed by atoms with Crippen LogP contribution in [-0.4, -0.2) is 29.9 Å². The number of piperidine rings is 1. The van der Waals surface area contributed by atoms with E-state index in [0.717, 1.165) is 24.9 Å². The molecule has 0 radical (unpaired) electrons. The number of hydrogen-bond acceptors (Lipinski definition) is 2. The van der Waals surface area contributed by atoms with Crippen molar-refractivity contribution < 1.29 is 4.79 Å². The summed E-state index contributed by atoms with van der Waals surface area (Å²) >= 11 is 0. The molecular weight excluding hydrogens is 260 g/mol. The quantitative estimate of drug-likeness (QED) is 0.926. The first-order chi connectivity index (χ1) is 8.74. The van der Waals surface area contributed by atoms with E-state index in [2.05, 4.69) is 0 Å². The van der Waals surface area contributed by atoms with Gasteiger partial charge in [-0.3, -0.25) is 4.79 Å². The molecule has 19 heavy (non-hydrogen) atoms. The highest BCUT2D eigenvalue weighted by Crippen LogP contribution is 2.23. The summed E-state index contributed by atoms with van der Waals surface area (Å²) in [5.41, 5.74) is 6.86. The smallest absolute Gasteiger partial charge is 0.230 e. The van der Waals surface area contributed by atoms with E-state index < -0.39 is 0 Å². The van der Waals surface area contributed by atoms with Gasteiger partial charge in [0.05, 0.1) is 5.92 Å². The highest BCUT2D eigenvalue weighted by Gasteiger charge is 2.29. The first-order valence-electron chi connectivity index (χ1n) is 6.79. The molecule has 1 saturated heterocycles. The van der Waals surface area contributed by atoms with Crippen molar-refractivity contribution >= 4 is 18.3 Å². The van der Waals surface area contributed by atoms with Gasteiger partial charge in [-0.1, -0.05) is 30.3 Å². The zero-order chi connectivity index (χ0) is 13.0. The van der Waals surface area contributed by atoms with Crippen LogP contribution in [0, 0.1) is 0 Å². The lowest BCUT2D eigenvalue weighted by Gasteiger charge is -2.36. The van der Waals surface area contributed by atoms with Gasteiger partial charge in [0.25, 0.3) is 0 Å². The summed E-state index contributed by atoms with van der Waals surface area (Å²) in [6.07, 6.45) is 3.33. The zero-order valence-corrected chi connectivity index (χ0v) is 12.2. The molecule has 1 aliphatic heterocycles. The molecular formula is C15H23ClN2O. The van der Waals surface area contributed by atoms with Gasteiger partial charge >= 0.3 is 0 Å². The number of likely N-dealkylation sites (tertiary alicyclic amines) is 1. The highest BCUT2D eigenvalue weighted by atomic mass is 35.5. The molecule has 0 spiro atoms. The SMILES string of the molecule is CC(C(=O)N1CCCCC1CN)c1ccccc1.Cl. The van der Waals surface area contributed by atoms with Gasteiger partial charge in [0.2, 0.25) is 5.91 Å². The summed E-state index contributed by atoms with van der Waals surface area (Å²) in [5.74, 6) is 0.148. The monoisotopic (exact) mass is 282 g/mol. The Morgan fingerprint density at radius 2 is 2.05 bits per heavy atom. The summed E-state index contributed by atoms with van der Waals surface area (Å²) in [6.45, 7) is 3.42. The molecule has 4 heteroatoms. The fourth-order valence-electron chi connectivity index (χ4n) is 2.67. The van der Waals surface area contributed by atoms with Crippen LogP contribution in [0.25, 0.3) is 0 Å². The van der Waals surface area contributed by atoms with E-state index in [-0.39, 0.29) is 30.3 Å². The molecule has 1 aliphatic rings. The van der Waals surface area contributed by atoms with Crippen molar-refractivity contribution in [1.29, 1.82) is 0 Å². The Kier molecular flexibility index (Phi) is 6.32. The second kappa shape index (κ2) is 7.51. The van der Waals surface area contributed by atoms with E-state index in [4.69, 9.17) is 5.73 Å². The first-order valence-corrected chi connectivity index (χ1v) is 6.79. The minimum Gasteiger partial charge on any atom is -0.338 e. The Bertz CT molecular complexity index is 396. The van der Waals surface area contributed by atoms with Gasteiger partial charge in [-0.25, -0.2) is 0 Å². The molecule has 0 aliphatic carbocycles. The van der Waals surface area contributed by atoms with E-state index in [1.807, 2.05) is 42.2 Å². The van der Waals surface area contributed by atoms with E-state index in [1.54, 1.807) is 0 Å². The van der Waals surface area contributed by atoms with Crippen LogP contribution in [0.5, 0.6) is 0 Å². The van der Waals surface area contributed by atoms with Gasteiger partial charge in [-0.15, -0.1) is 12.4 Å². The van der Waals surface area contributed by atoms with Gasteiger partial charge < -0.3 is 10.6 Å². The minimum absolute atomic E-state index is 0. The molecule has 1 aromatic rings. The van der Waals surface area contributed by atoms with Crippen LogP contribution < -0.4 is 5.73 Å². The number of benzene rings is 1. The van der Waals surface area contributed by atoms with Gasteiger partial charge in [0.1, 0.15) is 0 Å². The van der Waals surface area contributed by atoms with Crippen molar-refractivity contribution in [2.75, 3.05) is 13.1 Å². The Labute approximate surface area is 121 Å². The molecule has 2 rings (SSSR count). The van der Waals surface area contributed by atoms with E-state index in [1.165, 1.54) is 6.42 Å². The molecule has 2 N–H and O–H groups in total. The lowest BCUT2D eigenvalue weighted by atomic mass is 9.95. The maximum absolute atomic E-state index is 12.5. The van der Waals surface area contributed by atoms with Crippen LogP contribution in [0.1, 0.15) is 37.7 Å². The molecule has 106 valence electrons. The van der Waals surface area contributed by atoms with Crippen molar-refractivity contribution in [3.63, 3.8) is 0 Å². The Morgan fingerprint density at radius 3 is 2.68 bits per heavy atom. The van der Waals surface area contributed by atoms with Gasteiger partial charge in [-0.2, -0.15) is 0 Å².